The molecule has 0 aromatic heterocycles. The maximum Gasteiger partial charge on any atom is 0.321 e. The summed E-state index contributed by atoms with van der Waals surface area (Å²) >= 11 is 12.2. The van der Waals surface area contributed by atoms with E-state index < -0.39 is 0 Å². The smallest absolute Gasteiger partial charge is 0.321 e. The molecular weight excluding hydrogens is 521 g/mol. The Kier molecular flexibility index (Phi) is 7.12. The van der Waals surface area contributed by atoms with Gasteiger partial charge in [-0.1, -0.05) is 53.5 Å². The molecule has 3 aromatic rings. The lowest BCUT2D eigenvalue weighted by molar-refractivity contribution is 0.165. The number of fused-ring (bicyclic) bond motifs is 1. The molecule has 1 saturated carbocycles. The number of rotatable bonds is 7. The Labute approximate surface area is 233 Å². The van der Waals surface area contributed by atoms with Crippen molar-refractivity contribution in [3.05, 3.63) is 76.3 Å². The highest BCUT2D eigenvalue weighted by atomic mass is 35.5. The molecule has 2 N–H and O–H groups in total. The molecule has 3 aromatic carbocycles. The van der Waals surface area contributed by atoms with Crippen molar-refractivity contribution in [3.63, 3.8) is 0 Å². The number of nitrogens with zero attached hydrogens (tertiary/aromatic N) is 1. The van der Waals surface area contributed by atoms with Gasteiger partial charge in [-0.05, 0) is 85.2 Å². The van der Waals surface area contributed by atoms with Crippen molar-refractivity contribution in [1.82, 2.24) is 10.2 Å². The standard InChI is InChI=1S/C30H31Cl2N3O3/c31-24-14-25(32)16-26(15-24)34-29(36)35-11-9-30(10-12-35,18-33-17-20-1-2-20)23-6-3-21(4-7-23)22-5-8-27-28(13-22)38-19-37-27/h3-8,13-16,20,33H,1-2,9-12,17-19H2,(H,34,36). The highest BCUT2D eigenvalue weighted by Crippen LogP contribution is 2.39. The molecule has 2 fully saturated rings. The fourth-order valence-electron chi connectivity index (χ4n) is 5.46. The second kappa shape index (κ2) is 10.7. The van der Waals surface area contributed by atoms with E-state index in [-0.39, 0.29) is 18.2 Å². The number of piperidine rings is 1. The normalized spacial score (nSPS) is 17.9. The molecule has 2 heterocycles. The predicted molar refractivity (Wildman–Crippen MR) is 152 cm³/mol. The number of halogens is 2. The van der Waals surface area contributed by atoms with Crippen LogP contribution < -0.4 is 20.1 Å². The molecule has 1 saturated heterocycles. The van der Waals surface area contributed by atoms with E-state index >= 15 is 0 Å². The zero-order valence-corrected chi connectivity index (χ0v) is 22.7. The Hall–Kier alpha value is -2.93. The summed E-state index contributed by atoms with van der Waals surface area (Å²) in [7, 11) is 0. The monoisotopic (exact) mass is 551 g/mol. The van der Waals surface area contributed by atoms with E-state index in [1.807, 2.05) is 17.0 Å². The van der Waals surface area contributed by atoms with Crippen LogP contribution in [0.5, 0.6) is 11.5 Å². The minimum atomic E-state index is -0.124. The van der Waals surface area contributed by atoms with E-state index in [9.17, 15) is 4.79 Å². The van der Waals surface area contributed by atoms with Crippen molar-refractivity contribution in [1.29, 1.82) is 0 Å². The number of benzene rings is 3. The second-order valence-electron chi connectivity index (χ2n) is 10.6. The average Bonchev–Trinajstić information content (AvgIpc) is 3.62. The van der Waals surface area contributed by atoms with Gasteiger partial charge < -0.3 is 25.0 Å². The van der Waals surface area contributed by atoms with Gasteiger partial charge in [-0.2, -0.15) is 0 Å². The summed E-state index contributed by atoms with van der Waals surface area (Å²) in [5, 5.41) is 7.70. The van der Waals surface area contributed by atoms with Gasteiger partial charge in [0.2, 0.25) is 6.79 Å². The Bertz CT molecular complexity index is 1300. The molecule has 2 amide bonds. The van der Waals surface area contributed by atoms with Crippen LogP contribution in [0.4, 0.5) is 10.5 Å². The summed E-state index contributed by atoms with van der Waals surface area (Å²) in [5.41, 5.74) is 4.14. The van der Waals surface area contributed by atoms with Crippen molar-refractivity contribution in [3.8, 4) is 22.6 Å². The molecule has 2 aliphatic heterocycles. The number of likely N-dealkylation sites (tertiary alicyclic amines) is 1. The van der Waals surface area contributed by atoms with E-state index in [0.29, 0.717) is 28.8 Å². The molecule has 0 spiro atoms. The van der Waals surface area contributed by atoms with Crippen molar-refractivity contribution < 1.29 is 14.3 Å². The first-order chi connectivity index (χ1) is 18.5. The van der Waals surface area contributed by atoms with Gasteiger partial charge in [0.25, 0.3) is 0 Å². The number of hydrogen-bond donors (Lipinski definition) is 2. The van der Waals surface area contributed by atoms with Gasteiger partial charge in [0, 0.05) is 40.8 Å². The molecule has 0 bridgehead atoms. The number of nitrogens with one attached hydrogen (secondary N) is 2. The number of hydrogen-bond acceptors (Lipinski definition) is 4. The summed E-state index contributed by atoms with van der Waals surface area (Å²) < 4.78 is 11.0. The molecule has 3 aliphatic rings. The van der Waals surface area contributed by atoms with Gasteiger partial charge in [0.15, 0.2) is 11.5 Å². The highest BCUT2D eigenvalue weighted by molar-refractivity contribution is 6.35. The van der Waals surface area contributed by atoms with Crippen molar-refractivity contribution in [2.24, 2.45) is 5.92 Å². The molecule has 1 aliphatic carbocycles. The fraction of sp³-hybridized carbons (Fsp3) is 0.367. The fourth-order valence-corrected chi connectivity index (χ4v) is 5.99. The Morgan fingerprint density at radius 3 is 2.29 bits per heavy atom. The van der Waals surface area contributed by atoms with E-state index in [1.165, 1.54) is 18.4 Å². The highest BCUT2D eigenvalue weighted by Gasteiger charge is 2.38. The van der Waals surface area contributed by atoms with Gasteiger partial charge in [-0.15, -0.1) is 0 Å². The summed E-state index contributed by atoms with van der Waals surface area (Å²) in [6, 6.07) is 19.9. The lowest BCUT2D eigenvalue weighted by Gasteiger charge is -2.42. The lowest BCUT2D eigenvalue weighted by atomic mass is 9.72. The van der Waals surface area contributed by atoms with Gasteiger partial charge in [0.1, 0.15) is 0 Å². The number of anilines is 1. The third-order valence-electron chi connectivity index (χ3n) is 7.92. The Morgan fingerprint density at radius 1 is 0.895 bits per heavy atom. The number of ether oxygens (including phenoxy) is 2. The van der Waals surface area contributed by atoms with Crippen LogP contribution in [0, 0.1) is 5.92 Å². The number of carbonyl (C=O) groups excluding carboxylic acids is 1. The minimum absolute atomic E-state index is 0.0293. The zero-order valence-electron chi connectivity index (χ0n) is 21.1. The van der Waals surface area contributed by atoms with Crippen LogP contribution in [0.1, 0.15) is 31.2 Å². The van der Waals surface area contributed by atoms with E-state index in [0.717, 1.165) is 54.5 Å². The quantitative estimate of drug-likeness (QED) is 0.333. The first-order valence-corrected chi connectivity index (χ1v) is 14.0. The third-order valence-corrected chi connectivity index (χ3v) is 8.35. The van der Waals surface area contributed by atoms with Crippen LogP contribution in [-0.4, -0.2) is 43.9 Å². The molecule has 38 heavy (non-hydrogen) atoms. The molecule has 198 valence electrons. The van der Waals surface area contributed by atoms with Crippen LogP contribution in [0.25, 0.3) is 11.1 Å². The topological polar surface area (TPSA) is 62.8 Å². The van der Waals surface area contributed by atoms with E-state index in [1.54, 1.807) is 18.2 Å². The van der Waals surface area contributed by atoms with Crippen LogP contribution in [0.15, 0.2) is 60.7 Å². The minimum Gasteiger partial charge on any atom is -0.454 e. The first kappa shape index (κ1) is 25.4. The van der Waals surface area contributed by atoms with Crippen LogP contribution in [-0.2, 0) is 5.41 Å². The van der Waals surface area contributed by atoms with Crippen LogP contribution >= 0.6 is 23.2 Å². The number of amides is 2. The first-order valence-electron chi connectivity index (χ1n) is 13.2. The maximum atomic E-state index is 13.0. The molecule has 6 nitrogen and oxygen atoms in total. The lowest BCUT2D eigenvalue weighted by Crippen LogP contribution is -2.50. The van der Waals surface area contributed by atoms with Crippen molar-refractivity contribution >= 4 is 34.9 Å². The van der Waals surface area contributed by atoms with Crippen LogP contribution in [0.3, 0.4) is 0 Å². The molecule has 0 radical (unpaired) electrons. The third kappa shape index (κ3) is 5.58. The van der Waals surface area contributed by atoms with E-state index in [4.69, 9.17) is 32.7 Å². The van der Waals surface area contributed by atoms with Crippen LogP contribution in [0.2, 0.25) is 10.0 Å². The summed E-state index contributed by atoms with van der Waals surface area (Å²) in [5.74, 6) is 2.40. The summed E-state index contributed by atoms with van der Waals surface area (Å²) in [6.45, 7) is 3.60. The SMILES string of the molecule is O=C(Nc1cc(Cl)cc(Cl)c1)N1CCC(CNCC2CC2)(c2ccc(-c3ccc4c(c3)OCO4)cc2)CC1. The molecular formula is C30H31Cl2N3O3. The zero-order chi connectivity index (χ0) is 26.1. The predicted octanol–water partition coefficient (Wildman–Crippen LogP) is 6.95. The summed E-state index contributed by atoms with van der Waals surface area (Å²) in [6.07, 6.45) is 4.42. The summed E-state index contributed by atoms with van der Waals surface area (Å²) in [4.78, 5) is 14.9. The molecule has 8 heteroatoms. The van der Waals surface area contributed by atoms with Gasteiger partial charge in [-0.25, -0.2) is 4.79 Å². The van der Waals surface area contributed by atoms with Gasteiger partial charge in [-0.3, -0.25) is 0 Å². The molecule has 0 unspecified atom stereocenters. The largest absolute Gasteiger partial charge is 0.454 e. The van der Waals surface area contributed by atoms with Crippen molar-refractivity contribution in [2.45, 2.75) is 31.1 Å². The van der Waals surface area contributed by atoms with Gasteiger partial charge >= 0.3 is 6.03 Å². The van der Waals surface area contributed by atoms with Crippen molar-refractivity contribution in [2.75, 3.05) is 38.3 Å². The Balaban J connectivity index is 1.16. The van der Waals surface area contributed by atoms with E-state index in [2.05, 4.69) is 41.0 Å². The number of urea groups is 1. The van der Waals surface area contributed by atoms with Gasteiger partial charge in [0.05, 0.1) is 0 Å². The Morgan fingerprint density at radius 2 is 1.58 bits per heavy atom. The molecule has 0 atom stereocenters. The average molecular weight is 553 g/mol. The molecule has 6 rings (SSSR count). The second-order valence-corrected chi connectivity index (χ2v) is 11.4. The maximum absolute atomic E-state index is 13.0. The number of carbonyl (C=O) groups is 1.